The van der Waals surface area contributed by atoms with Gasteiger partial charge in [0.05, 0.1) is 12.5 Å². The number of amides is 1. The molecule has 1 heterocycles. The van der Waals surface area contributed by atoms with Crippen LogP contribution in [0.3, 0.4) is 0 Å². The van der Waals surface area contributed by atoms with E-state index in [1.165, 1.54) is 0 Å². The fraction of sp³-hybridized carbons (Fsp3) is 0.500. The van der Waals surface area contributed by atoms with Gasteiger partial charge >= 0.3 is 0 Å². The van der Waals surface area contributed by atoms with Gasteiger partial charge in [-0.3, -0.25) is 4.79 Å². The normalized spacial score (nSPS) is 30.1. The Morgan fingerprint density at radius 3 is 2.78 bits per heavy atom. The van der Waals surface area contributed by atoms with Crippen LogP contribution in [0.25, 0.3) is 0 Å². The predicted molar refractivity (Wildman–Crippen MR) is 69.7 cm³/mol. The number of hydrogen-bond acceptors (Lipinski definition) is 3. The summed E-state index contributed by atoms with van der Waals surface area (Å²) in [6.07, 6.45) is 3.48. The molecule has 1 fully saturated rings. The molecule has 1 spiro atoms. The van der Waals surface area contributed by atoms with Gasteiger partial charge < -0.3 is 15.8 Å². The molecule has 4 nitrogen and oxygen atoms in total. The first-order valence-electron chi connectivity index (χ1n) is 6.41. The summed E-state index contributed by atoms with van der Waals surface area (Å²) in [7, 11) is 1.65. The van der Waals surface area contributed by atoms with Crippen molar-refractivity contribution in [3.8, 4) is 5.75 Å². The highest BCUT2D eigenvalue weighted by Crippen LogP contribution is 2.48. The lowest BCUT2D eigenvalue weighted by Crippen LogP contribution is -2.41. The summed E-state index contributed by atoms with van der Waals surface area (Å²) in [6, 6.07) is 6.03. The van der Waals surface area contributed by atoms with Crippen LogP contribution in [0.4, 0.5) is 5.69 Å². The van der Waals surface area contributed by atoms with Gasteiger partial charge in [0.15, 0.2) is 0 Å². The minimum atomic E-state index is -0.375. The second-order valence-corrected chi connectivity index (χ2v) is 5.29. The molecule has 3 rings (SSSR count). The fourth-order valence-electron chi connectivity index (χ4n) is 3.15. The van der Waals surface area contributed by atoms with Crippen LogP contribution in [0.2, 0.25) is 0 Å². The van der Waals surface area contributed by atoms with E-state index >= 15 is 0 Å². The molecule has 2 aliphatic rings. The molecular weight excluding hydrogens is 228 g/mol. The van der Waals surface area contributed by atoms with E-state index in [0.29, 0.717) is 0 Å². The maximum absolute atomic E-state index is 12.3. The third kappa shape index (κ3) is 1.52. The Bertz CT molecular complexity index is 491. The van der Waals surface area contributed by atoms with Gasteiger partial charge in [0.2, 0.25) is 5.91 Å². The number of methoxy groups -OCH3 is 1. The quantitative estimate of drug-likeness (QED) is 0.794. The zero-order valence-corrected chi connectivity index (χ0v) is 10.5. The second-order valence-electron chi connectivity index (χ2n) is 5.29. The summed E-state index contributed by atoms with van der Waals surface area (Å²) in [6.45, 7) is 0. The van der Waals surface area contributed by atoms with Crippen LogP contribution in [-0.4, -0.2) is 19.1 Å². The second kappa shape index (κ2) is 3.99. The molecule has 1 aliphatic carbocycles. The highest BCUT2D eigenvalue weighted by atomic mass is 16.5. The zero-order chi connectivity index (χ0) is 12.8. The third-order valence-corrected chi connectivity index (χ3v) is 4.31. The van der Waals surface area contributed by atoms with E-state index in [4.69, 9.17) is 10.5 Å². The number of ether oxygens (including phenoxy) is 1. The molecule has 1 saturated carbocycles. The Balaban J connectivity index is 2.04. The van der Waals surface area contributed by atoms with Crippen molar-refractivity contribution in [3.05, 3.63) is 23.8 Å². The summed E-state index contributed by atoms with van der Waals surface area (Å²) in [5.74, 6) is 0.928. The van der Waals surface area contributed by atoms with Crippen molar-refractivity contribution in [2.45, 2.75) is 37.1 Å². The van der Waals surface area contributed by atoms with Crippen LogP contribution in [0.15, 0.2) is 18.2 Å². The largest absolute Gasteiger partial charge is 0.497 e. The van der Waals surface area contributed by atoms with Crippen LogP contribution in [-0.2, 0) is 10.2 Å². The van der Waals surface area contributed by atoms with Gasteiger partial charge in [-0.2, -0.15) is 0 Å². The van der Waals surface area contributed by atoms with Crippen molar-refractivity contribution in [2.24, 2.45) is 5.73 Å². The molecule has 0 saturated heterocycles. The number of carbonyl (C=O) groups excluding carboxylic acids is 1. The van der Waals surface area contributed by atoms with Crippen molar-refractivity contribution < 1.29 is 9.53 Å². The van der Waals surface area contributed by atoms with Crippen molar-refractivity contribution >= 4 is 11.6 Å². The number of nitrogens with one attached hydrogen (secondary N) is 1. The van der Waals surface area contributed by atoms with Gasteiger partial charge in [-0.15, -0.1) is 0 Å². The maximum atomic E-state index is 12.3. The van der Waals surface area contributed by atoms with E-state index in [1.54, 1.807) is 7.11 Å². The monoisotopic (exact) mass is 246 g/mol. The van der Waals surface area contributed by atoms with Gasteiger partial charge in [0.1, 0.15) is 5.75 Å². The summed E-state index contributed by atoms with van der Waals surface area (Å²) in [5, 5.41) is 2.99. The lowest BCUT2D eigenvalue weighted by atomic mass is 9.69. The van der Waals surface area contributed by atoms with Gasteiger partial charge in [0, 0.05) is 11.7 Å². The van der Waals surface area contributed by atoms with Crippen LogP contribution in [0, 0.1) is 0 Å². The van der Waals surface area contributed by atoms with Gasteiger partial charge in [-0.05, 0) is 49.4 Å². The molecule has 0 bridgehead atoms. The molecule has 0 atom stereocenters. The minimum Gasteiger partial charge on any atom is -0.497 e. The molecule has 1 aromatic carbocycles. The van der Waals surface area contributed by atoms with Crippen LogP contribution >= 0.6 is 0 Å². The maximum Gasteiger partial charge on any atom is 0.235 e. The van der Waals surface area contributed by atoms with Crippen molar-refractivity contribution in [1.82, 2.24) is 0 Å². The van der Waals surface area contributed by atoms with E-state index in [-0.39, 0.29) is 17.4 Å². The van der Waals surface area contributed by atoms with Crippen molar-refractivity contribution in [3.63, 3.8) is 0 Å². The van der Waals surface area contributed by atoms with Gasteiger partial charge in [0.25, 0.3) is 0 Å². The molecule has 0 aromatic heterocycles. The lowest BCUT2D eigenvalue weighted by Gasteiger charge is -2.34. The number of carbonyl (C=O) groups is 1. The average Bonchev–Trinajstić information content (AvgIpc) is 2.65. The van der Waals surface area contributed by atoms with Crippen molar-refractivity contribution in [1.29, 1.82) is 0 Å². The predicted octanol–water partition coefficient (Wildman–Crippen LogP) is 1.79. The number of fused-ring (bicyclic) bond motifs is 2. The summed E-state index contributed by atoms with van der Waals surface area (Å²) >= 11 is 0. The van der Waals surface area contributed by atoms with Gasteiger partial charge in [-0.1, -0.05) is 0 Å². The standard InChI is InChI=1S/C14H18N2O2/c1-18-10-2-3-12-11(8-10)14(13(17)16-12)6-4-9(15)5-7-14/h2-3,8-9H,4-7,15H2,1H3,(H,16,17). The van der Waals surface area contributed by atoms with Crippen LogP contribution < -0.4 is 15.8 Å². The first-order chi connectivity index (χ1) is 8.65. The van der Waals surface area contributed by atoms with Crippen LogP contribution in [0.1, 0.15) is 31.2 Å². The van der Waals surface area contributed by atoms with E-state index in [1.807, 2.05) is 18.2 Å². The highest BCUT2D eigenvalue weighted by molar-refractivity contribution is 6.06. The number of anilines is 1. The third-order valence-electron chi connectivity index (χ3n) is 4.31. The Morgan fingerprint density at radius 1 is 1.39 bits per heavy atom. The first kappa shape index (κ1) is 11.5. The van der Waals surface area contributed by atoms with E-state index < -0.39 is 0 Å². The summed E-state index contributed by atoms with van der Waals surface area (Å²) in [4.78, 5) is 12.3. The van der Waals surface area contributed by atoms with Crippen LogP contribution in [0.5, 0.6) is 5.75 Å². The molecule has 1 amide bonds. The lowest BCUT2D eigenvalue weighted by molar-refractivity contribution is -0.122. The molecule has 3 N–H and O–H groups in total. The van der Waals surface area contributed by atoms with E-state index in [2.05, 4.69) is 5.32 Å². The number of benzene rings is 1. The number of rotatable bonds is 1. The molecule has 0 unspecified atom stereocenters. The molecule has 18 heavy (non-hydrogen) atoms. The molecule has 1 aliphatic heterocycles. The Kier molecular flexibility index (Phi) is 2.55. The minimum absolute atomic E-state index is 0.123. The van der Waals surface area contributed by atoms with E-state index in [0.717, 1.165) is 42.7 Å². The number of nitrogens with two attached hydrogens (primary N) is 1. The summed E-state index contributed by atoms with van der Waals surface area (Å²) < 4.78 is 5.27. The SMILES string of the molecule is COc1ccc2c(c1)C1(CCC(N)CC1)C(=O)N2. The zero-order valence-electron chi connectivity index (χ0n) is 10.5. The van der Waals surface area contributed by atoms with E-state index in [9.17, 15) is 4.79 Å². The van der Waals surface area contributed by atoms with Gasteiger partial charge in [-0.25, -0.2) is 0 Å². The topological polar surface area (TPSA) is 64.3 Å². The Morgan fingerprint density at radius 2 is 2.11 bits per heavy atom. The fourth-order valence-corrected chi connectivity index (χ4v) is 3.15. The molecule has 96 valence electrons. The molecule has 1 aromatic rings. The Hall–Kier alpha value is -1.55. The van der Waals surface area contributed by atoms with Crippen molar-refractivity contribution in [2.75, 3.05) is 12.4 Å². The number of hydrogen-bond donors (Lipinski definition) is 2. The Labute approximate surface area is 107 Å². The summed E-state index contributed by atoms with van der Waals surface area (Å²) in [5.41, 5.74) is 7.58. The molecule has 0 radical (unpaired) electrons. The smallest absolute Gasteiger partial charge is 0.235 e. The first-order valence-corrected chi connectivity index (χ1v) is 6.41. The molecular formula is C14H18N2O2. The highest BCUT2D eigenvalue weighted by Gasteiger charge is 2.48. The molecule has 4 heteroatoms. The average molecular weight is 246 g/mol.